The third-order valence-electron chi connectivity index (χ3n) is 3.27. The van der Waals surface area contributed by atoms with Crippen molar-refractivity contribution in [3.05, 3.63) is 0 Å². The van der Waals surface area contributed by atoms with Gasteiger partial charge in [-0.3, -0.25) is 4.79 Å². The molecule has 1 atom stereocenters. The van der Waals surface area contributed by atoms with E-state index in [1.807, 2.05) is 0 Å². The molecule has 5 nitrogen and oxygen atoms in total. The van der Waals surface area contributed by atoms with Gasteiger partial charge in [0.1, 0.15) is 0 Å². The first-order chi connectivity index (χ1) is 8.07. The molecule has 1 unspecified atom stereocenters. The van der Waals surface area contributed by atoms with E-state index in [0.717, 1.165) is 25.7 Å². The molecule has 5 heteroatoms. The van der Waals surface area contributed by atoms with Crippen LogP contribution >= 0.6 is 0 Å². The van der Waals surface area contributed by atoms with E-state index in [9.17, 15) is 9.90 Å². The van der Waals surface area contributed by atoms with Crippen LogP contribution in [0.4, 0.5) is 0 Å². The maximum atomic E-state index is 11.6. The molecule has 0 bridgehead atoms. The van der Waals surface area contributed by atoms with E-state index in [-0.39, 0.29) is 11.9 Å². The summed E-state index contributed by atoms with van der Waals surface area (Å²) in [6.45, 7) is 3.33. The van der Waals surface area contributed by atoms with Gasteiger partial charge in [-0.15, -0.1) is 0 Å². The van der Waals surface area contributed by atoms with Gasteiger partial charge < -0.3 is 20.5 Å². The van der Waals surface area contributed by atoms with Crippen LogP contribution in [0, 0.1) is 0 Å². The predicted octanol–water partition coefficient (Wildman–Crippen LogP) is 0.0322. The highest BCUT2D eigenvalue weighted by Crippen LogP contribution is 2.28. The second-order valence-electron chi connectivity index (χ2n) is 4.82. The van der Waals surface area contributed by atoms with Crippen molar-refractivity contribution in [1.29, 1.82) is 0 Å². The topological polar surface area (TPSA) is 70.6 Å². The van der Waals surface area contributed by atoms with Crippen LogP contribution in [-0.2, 0) is 9.53 Å². The van der Waals surface area contributed by atoms with E-state index in [4.69, 9.17) is 4.74 Å². The highest BCUT2D eigenvalue weighted by atomic mass is 16.5. The molecular formula is C12H24N2O3. The largest absolute Gasteiger partial charge is 0.389 e. The van der Waals surface area contributed by atoms with Crippen LogP contribution in [0.15, 0.2) is 0 Å². The molecule has 0 aliphatic heterocycles. The van der Waals surface area contributed by atoms with Gasteiger partial charge in [0.25, 0.3) is 0 Å². The first-order valence-corrected chi connectivity index (χ1v) is 6.30. The Morgan fingerprint density at radius 1 is 1.47 bits per heavy atom. The Hall–Kier alpha value is -0.650. The Labute approximate surface area is 103 Å². The lowest BCUT2D eigenvalue weighted by Gasteiger charge is -2.24. The lowest BCUT2D eigenvalue weighted by molar-refractivity contribution is -0.123. The summed E-state index contributed by atoms with van der Waals surface area (Å²) in [6.07, 6.45) is 3.81. The monoisotopic (exact) mass is 244 g/mol. The van der Waals surface area contributed by atoms with Gasteiger partial charge in [-0.25, -0.2) is 0 Å². The molecule has 17 heavy (non-hydrogen) atoms. The molecule has 0 aromatic heterocycles. The minimum absolute atomic E-state index is 0.0522. The summed E-state index contributed by atoms with van der Waals surface area (Å²) < 4.78 is 4.85. The number of rotatable bonds is 7. The molecule has 1 amide bonds. The van der Waals surface area contributed by atoms with Crippen LogP contribution in [0.5, 0.6) is 0 Å². The SMILES string of the molecule is COCCNC(=O)C(C)NCC1(O)CCCC1. The fourth-order valence-electron chi connectivity index (χ4n) is 2.08. The average molecular weight is 244 g/mol. The van der Waals surface area contributed by atoms with Crippen molar-refractivity contribution in [2.45, 2.75) is 44.2 Å². The van der Waals surface area contributed by atoms with Crippen LogP contribution in [-0.4, -0.2) is 49.5 Å². The summed E-state index contributed by atoms with van der Waals surface area (Å²) in [5.41, 5.74) is -0.610. The zero-order chi connectivity index (χ0) is 12.7. The molecule has 1 rings (SSSR count). The number of carbonyl (C=O) groups excluding carboxylic acids is 1. The standard InChI is InChI=1S/C12H24N2O3/c1-10(11(15)13-7-8-17-2)14-9-12(16)5-3-4-6-12/h10,14,16H,3-9H2,1-2H3,(H,13,15). The summed E-state index contributed by atoms with van der Waals surface area (Å²) in [4.78, 5) is 11.6. The van der Waals surface area contributed by atoms with Crippen LogP contribution in [0.25, 0.3) is 0 Å². The second-order valence-corrected chi connectivity index (χ2v) is 4.82. The van der Waals surface area contributed by atoms with Gasteiger partial charge in [-0.2, -0.15) is 0 Å². The summed E-state index contributed by atoms with van der Waals surface area (Å²) >= 11 is 0. The van der Waals surface area contributed by atoms with Gasteiger partial charge in [0.05, 0.1) is 18.2 Å². The number of carbonyl (C=O) groups is 1. The fourth-order valence-corrected chi connectivity index (χ4v) is 2.08. The predicted molar refractivity (Wildman–Crippen MR) is 65.8 cm³/mol. The van der Waals surface area contributed by atoms with Crippen molar-refractivity contribution >= 4 is 5.91 Å². The second kappa shape index (κ2) is 6.93. The number of amides is 1. The van der Waals surface area contributed by atoms with Crippen molar-refractivity contribution in [2.24, 2.45) is 0 Å². The molecule has 0 aromatic rings. The molecule has 3 N–H and O–H groups in total. The zero-order valence-electron chi connectivity index (χ0n) is 10.8. The average Bonchev–Trinajstić information content (AvgIpc) is 2.74. The molecule has 1 saturated carbocycles. The van der Waals surface area contributed by atoms with Gasteiger partial charge in [-0.05, 0) is 19.8 Å². The van der Waals surface area contributed by atoms with Crippen molar-refractivity contribution in [2.75, 3.05) is 26.8 Å². The Morgan fingerprint density at radius 2 is 2.12 bits per heavy atom. The van der Waals surface area contributed by atoms with Gasteiger partial charge >= 0.3 is 0 Å². The summed E-state index contributed by atoms with van der Waals surface area (Å²) in [6, 6.07) is -0.281. The Bertz CT molecular complexity index is 240. The quantitative estimate of drug-likeness (QED) is 0.553. The highest BCUT2D eigenvalue weighted by Gasteiger charge is 2.31. The highest BCUT2D eigenvalue weighted by molar-refractivity contribution is 5.81. The lowest BCUT2D eigenvalue weighted by atomic mass is 10.0. The number of ether oxygens (including phenoxy) is 1. The zero-order valence-corrected chi connectivity index (χ0v) is 10.8. The minimum atomic E-state index is -0.610. The molecule has 1 aliphatic rings. The normalized spacial score (nSPS) is 20.2. The van der Waals surface area contributed by atoms with Crippen LogP contribution in [0.3, 0.4) is 0 Å². The first kappa shape index (κ1) is 14.4. The number of hydrogen-bond donors (Lipinski definition) is 3. The molecule has 0 heterocycles. The van der Waals surface area contributed by atoms with Crippen molar-refractivity contribution in [3.8, 4) is 0 Å². The molecule has 1 aliphatic carbocycles. The number of aliphatic hydroxyl groups is 1. The van der Waals surface area contributed by atoms with Gasteiger partial charge in [0.15, 0.2) is 0 Å². The van der Waals surface area contributed by atoms with E-state index < -0.39 is 5.60 Å². The van der Waals surface area contributed by atoms with E-state index in [0.29, 0.717) is 19.7 Å². The molecule has 0 saturated heterocycles. The summed E-state index contributed by atoms with van der Waals surface area (Å²) in [5.74, 6) is -0.0522. The molecule has 0 spiro atoms. The Balaban J connectivity index is 2.19. The van der Waals surface area contributed by atoms with Crippen LogP contribution in [0.1, 0.15) is 32.6 Å². The van der Waals surface area contributed by atoms with E-state index in [2.05, 4.69) is 10.6 Å². The van der Waals surface area contributed by atoms with Crippen molar-refractivity contribution in [1.82, 2.24) is 10.6 Å². The number of nitrogens with one attached hydrogen (secondary N) is 2. The molecule has 0 radical (unpaired) electrons. The number of methoxy groups -OCH3 is 1. The smallest absolute Gasteiger partial charge is 0.236 e. The Kier molecular flexibility index (Phi) is 5.88. The van der Waals surface area contributed by atoms with E-state index >= 15 is 0 Å². The third kappa shape index (κ3) is 5.02. The molecular weight excluding hydrogens is 220 g/mol. The summed E-state index contributed by atoms with van der Waals surface area (Å²) in [5, 5.41) is 16.0. The summed E-state index contributed by atoms with van der Waals surface area (Å²) in [7, 11) is 1.60. The van der Waals surface area contributed by atoms with Gasteiger partial charge in [-0.1, -0.05) is 12.8 Å². The maximum absolute atomic E-state index is 11.6. The molecule has 100 valence electrons. The lowest BCUT2D eigenvalue weighted by Crippen LogP contribution is -2.48. The van der Waals surface area contributed by atoms with E-state index in [1.165, 1.54) is 0 Å². The van der Waals surface area contributed by atoms with E-state index in [1.54, 1.807) is 14.0 Å². The Morgan fingerprint density at radius 3 is 2.71 bits per heavy atom. The fraction of sp³-hybridized carbons (Fsp3) is 0.917. The van der Waals surface area contributed by atoms with Crippen molar-refractivity contribution in [3.63, 3.8) is 0 Å². The maximum Gasteiger partial charge on any atom is 0.236 e. The molecule has 1 fully saturated rings. The third-order valence-corrected chi connectivity index (χ3v) is 3.27. The van der Waals surface area contributed by atoms with Crippen molar-refractivity contribution < 1.29 is 14.6 Å². The minimum Gasteiger partial charge on any atom is -0.389 e. The van der Waals surface area contributed by atoms with Crippen LogP contribution in [0.2, 0.25) is 0 Å². The number of hydrogen-bond acceptors (Lipinski definition) is 4. The molecule has 0 aromatic carbocycles. The van der Waals surface area contributed by atoms with Crippen LogP contribution < -0.4 is 10.6 Å². The first-order valence-electron chi connectivity index (χ1n) is 6.30. The van der Waals surface area contributed by atoms with Gasteiger partial charge in [0, 0.05) is 20.2 Å². The van der Waals surface area contributed by atoms with Gasteiger partial charge in [0.2, 0.25) is 5.91 Å².